The largest absolute Gasteiger partial charge is 0.494 e. The minimum atomic E-state index is -0.303. The van der Waals surface area contributed by atoms with Crippen LogP contribution in [0, 0.1) is 11.8 Å². The Kier molecular flexibility index (Phi) is 4.12. The van der Waals surface area contributed by atoms with Crippen LogP contribution in [-0.4, -0.2) is 18.3 Å². The van der Waals surface area contributed by atoms with Gasteiger partial charge in [-0.1, -0.05) is 42.5 Å². The minimum Gasteiger partial charge on any atom is -0.399 e. The van der Waals surface area contributed by atoms with Crippen molar-refractivity contribution < 1.29 is 9.31 Å². The van der Waals surface area contributed by atoms with Gasteiger partial charge in [-0.05, 0) is 111 Å². The van der Waals surface area contributed by atoms with Crippen molar-refractivity contribution in [2.24, 2.45) is 11.8 Å². The number of benzene rings is 2. The van der Waals surface area contributed by atoms with E-state index < -0.39 is 0 Å². The Bertz CT molecular complexity index is 978. The maximum absolute atomic E-state index is 6.40. The Morgan fingerprint density at radius 1 is 0.800 bits per heavy atom. The Morgan fingerprint density at radius 2 is 1.53 bits per heavy atom. The minimum absolute atomic E-state index is 0.282. The maximum Gasteiger partial charge on any atom is 0.494 e. The first-order valence-corrected chi connectivity index (χ1v) is 11.9. The number of fused-ring (bicyclic) bond motifs is 1. The molecule has 4 bridgehead atoms. The monoisotopic (exact) mass is 400 g/mol. The number of hydrogen-bond acceptors (Lipinski definition) is 2. The number of rotatable bonds is 1. The highest BCUT2D eigenvalue weighted by atomic mass is 16.7. The molecule has 1 saturated heterocycles. The zero-order valence-corrected chi connectivity index (χ0v) is 18.8. The Hall–Kier alpha value is -1.58. The van der Waals surface area contributed by atoms with Crippen molar-refractivity contribution in [3.05, 3.63) is 53.6 Å². The fourth-order valence-corrected chi connectivity index (χ4v) is 6.71. The predicted molar refractivity (Wildman–Crippen MR) is 123 cm³/mol. The average molecular weight is 400 g/mol. The zero-order valence-electron chi connectivity index (χ0n) is 18.8. The molecule has 7 rings (SSSR count). The van der Waals surface area contributed by atoms with Crippen molar-refractivity contribution in [2.45, 2.75) is 82.8 Å². The van der Waals surface area contributed by atoms with E-state index in [1.807, 2.05) is 0 Å². The summed E-state index contributed by atoms with van der Waals surface area (Å²) in [6.07, 6.45) is 6.87. The summed E-state index contributed by atoms with van der Waals surface area (Å²) in [6.45, 7) is 8.55. The standard InChI is InChI=1S/C27H33BO2/c1-26(2)27(3,4)30-28(29-26)20-11-12-23-21-7-5-6-8-22(21)24-15-17-13-18(24)9-10-19(14-17)25(23)16-20/h5-8,11-12,16-19,24H,9-10,13-15H2,1-4H3. The van der Waals surface area contributed by atoms with Gasteiger partial charge in [-0.25, -0.2) is 0 Å². The van der Waals surface area contributed by atoms with Crippen molar-refractivity contribution in [3.8, 4) is 11.1 Å². The summed E-state index contributed by atoms with van der Waals surface area (Å²) >= 11 is 0. The molecule has 3 heteroatoms. The van der Waals surface area contributed by atoms with Gasteiger partial charge in [0.1, 0.15) is 0 Å². The summed E-state index contributed by atoms with van der Waals surface area (Å²) in [6, 6.07) is 16.3. The third kappa shape index (κ3) is 2.78. The normalized spacial score (nSPS) is 32.9. The van der Waals surface area contributed by atoms with E-state index in [1.165, 1.54) is 54.3 Å². The van der Waals surface area contributed by atoms with E-state index in [9.17, 15) is 0 Å². The molecule has 4 unspecified atom stereocenters. The van der Waals surface area contributed by atoms with E-state index >= 15 is 0 Å². The molecule has 4 atom stereocenters. The maximum atomic E-state index is 6.40. The number of hydrogen-bond donors (Lipinski definition) is 0. The third-order valence-electron chi connectivity index (χ3n) is 8.99. The van der Waals surface area contributed by atoms with Gasteiger partial charge in [-0.2, -0.15) is 0 Å². The highest BCUT2D eigenvalue weighted by molar-refractivity contribution is 6.62. The molecule has 0 N–H and O–H groups in total. The van der Waals surface area contributed by atoms with Crippen LogP contribution >= 0.6 is 0 Å². The van der Waals surface area contributed by atoms with Gasteiger partial charge in [0.2, 0.25) is 0 Å². The SMILES string of the molecule is CC1(C)OB(c2ccc3c(c2)C2CCC4CC(C2)CC4c2ccccc2-3)OC1(C)C. The Balaban J connectivity index is 1.49. The molecule has 30 heavy (non-hydrogen) atoms. The summed E-state index contributed by atoms with van der Waals surface area (Å²) in [5, 5.41) is 0. The van der Waals surface area contributed by atoms with Crippen LogP contribution in [0.3, 0.4) is 0 Å². The van der Waals surface area contributed by atoms with Crippen LogP contribution in [-0.2, 0) is 9.31 Å². The second kappa shape index (κ2) is 6.47. The fourth-order valence-electron chi connectivity index (χ4n) is 6.71. The fraction of sp³-hybridized carbons (Fsp3) is 0.556. The summed E-state index contributed by atoms with van der Waals surface area (Å²) in [7, 11) is -0.282. The van der Waals surface area contributed by atoms with Crippen molar-refractivity contribution in [1.82, 2.24) is 0 Å². The molecule has 0 radical (unpaired) electrons. The van der Waals surface area contributed by atoms with Crippen LogP contribution in [0.25, 0.3) is 11.1 Å². The molecule has 0 aromatic heterocycles. The van der Waals surface area contributed by atoms with E-state index in [0.29, 0.717) is 5.92 Å². The summed E-state index contributed by atoms with van der Waals surface area (Å²) in [5.41, 5.74) is 6.62. The lowest BCUT2D eigenvalue weighted by molar-refractivity contribution is 0.00578. The van der Waals surface area contributed by atoms with E-state index in [2.05, 4.69) is 70.2 Å². The predicted octanol–water partition coefficient (Wildman–Crippen LogP) is 6.04. The second-order valence-electron chi connectivity index (χ2n) is 11.2. The first kappa shape index (κ1) is 19.1. The van der Waals surface area contributed by atoms with E-state index in [1.54, 1.807) is 5.56 Å². The molecule has 5 aliphatic rings. The van der Waals surface area contributed by atoms with Gasteiger partial charge in [-0.3, -0.25) is 0 Å². The molecule has 0 amide bonds. The van der Waals surface area contributed by atoms with Gasteiger partial charge in [0, 0.05) is 0 Å². The van der Waals surface area contributed by atoms with Gasteiger partial charge >= 0.3 is 7.12 Å². The van der Waals surface area contributed by atoms with Crippen LogP contribution in [0.5, 0.6) is 0 Å². The Labute approximate surface area is 181 Å². The lowest BCUT2D eigenvalue weighted by Crippen LogP contribution is -2.41. The van der Waals surface area contributed by atoms with Crippen molar-refractivity contribution in [3.63, 3.8) is 0 Å². The molecule has 2 aromatic carbocycles. The second-order valence-corrected chi connectivity index (χ2v) is 11.2. The highest BCUT2D eigenvalue weighted by Crippen LogP contribution is 2.56. The van der Waals surface area contributed by atoms with Gasteiger partial charge in [0.15, 0.2) is 0 Å². The van der Waals surface area contributed by atoms with Gasteiger partial charge in [0.25, 0.3) is 0 Å². The van der Waals surface area contributed by atoms with Crippen molar-refractivity contribution in [2.75, 3.05) is 0 Å². The summed E-state index contributed by atoms with van der Waals surface area (Å²) < 4.78 is 12.8. The van der Waals surface area contributed by atoms with Gasteiger partial charge in [-0.15, -0.1) is 0 Å². The smallest absolute Gasteiger partial charge is 0.399 e. The molecule has 4 aliphatic carbocycles. The summed E-state index contributed by atoms with van der Waals surface area (Å²) in [4.78, 5) is 0. The molecule has 2 nitrogen and oxygen atoms in total. The molecular weight excluding hydrogens is 367 g/mol. The van der Waals surface area contributed by atoms with E-state index in [4.69, 9.17) is 9.31 Å². The van der Waals surface area contributed by atoms with Crippen LogP contribution in [0.1, 0.15) is 82.8 Å². The topological polar surface area (TPSA) is 18.5 Å². The molecule has 3 fully saturated rings. The van der Waals surface area contributed by atoms with Crippen LogP contribution in [0.2, 0.25) is 0 Å². The average Bonchev–Trinajstić information content (AvgIpc) is 3.13. The van der Waals surface area contributed by atoms with Crippen molar-refractivity contribution in [1.29, 1.82) is 0 Å². The van der Waals surface area contributed by atoms with Crippen molar-refractivity contribution >= 4 is 12.6 Å². The molecule has 2 aromatic rings. The molecule has 1 aliphatic heterocycles. The molecule has 0 spiro atoms. The summed E-state index contributed by atoms with van der Waals surface area (Å²) in [5.74, 6) is 3.16. The van der Waals surface area contributed by atoms with Gasteiger partial charge in [0.05, 0.1) is 11.2 Å². The Morgan fingerprint density at radius 3 is 2.33 bits per heavy atom. The van der Waals surface area contributed by atoms with Crippen LogP contribution in [0.15, 0.2) is 42.5 Å². The zero-order chi connectivity index (χ0) is 20.7. The lowest BCUT2D eigenvalue weighted by atomic mass is 9.74. The first-order valence-electron chi connectivity index (χ1n) is 11.9. The molecule has 1 heterocycles. The van der Waals surface area contributed by atoms with Crippen LogP contribution in [0.4, 0.5) is 0 Å². The van der Waals surface area contributed by atoms with E-state index in [0.717, 1.165) is 17.8 Å². The third-order valence-corrected chi connectivity index (χ3v) is 8.99. The van der Waals surface area contributed by atoms with Gasteiger partial charge < -0.3 is 9.31 Å². The molecular formula is C27H33BO2. The molecule has 2 saturated carbocycles. The lowest BCUT2D eigenvalue weighted by Gasteiger charge is -2.32. The van der Waals surface area contributed by atoms with Crippen LogP contribution < -0.4 is 5.46 Å². The van der Waals surface area contributed by atoms with E-state index in [-0.39, 0.29) is 18.3 Å². The first-order chi connectivity index (χ1) is 14.3. The molecule has 156 valence electrons. The highest BCUT2D eigenvalue weighted by Gasteiger charge is 2.52. The quantitative estimate of drug-likeness (QED) is 0.543.